The first-order valence-corrected chi connectivity index (χ1v) is 10.00. The van der Waals surface area contributed by atoms with Gasteiger partial charge in [0.2, 0.25) is 11.3 Å². The highest BCUT2D eigenvalue weighted by atomic mass is 79.9. The second-order valence-electron chi connectivity index (χ2n) is 6.27. The van der Waals surface area contributed by atoms with Gasteiger partial charge in [0.05, 0.1) is 9.99 Å². The Kier molecular flexibility index (Phi) is 7.10. The van der Waals surface area contributed by atoms with E-state index in [9.17, 15) is 4.79 Å². The Morgan fingerprint density at radius 2 is 2.12 bits per heavy atom. The van der Waals surface area contributed by atoms with Crippen molar-refractivity contribution in [3.63, 3.8) is 0 Å². The number of ether oxygens (including phenoxy) is 2. The second-order valence-corrected chi connectivity index (χ2v) is 8.02. The molecule has 0 aliphatic carbocycles. The topological polar surface area (TPSA) is 60.5 Å². The lowest BCUT2D eigenvalue weighted by Crippen LogP contribution is -2.49. The number of hydrogen-bond donors (Lipinski definition) is 1. The molecule has 0 aliphatic rings. The third-order valence-corrected chi connectivity index (χ3v) is 4.99. The number of thioether (sulfide) groups is 1. The summed E-state index contributed by atoms with van der Waals surface area (Å²) in [4.78, 5) is 17.1. The SMILES string of the molecule is COCCC(C)(C)NC(=O)C(Oc1nc2ccccc2cc1Br)SC. The van der Waals surface area contributed by atoms with Crippen LogP contribution in [0.4, 0.5) is 0 Å². The molecule has 0 spiro atoms. The molecule has 25 heavy (non-hydrogen) atoms. The van der Waals surface area contributed by atoms with Crippen molar-refractivity contribution >= 4 is 44.5 Å². The van der Waals surface area contributed by atoms with Gasteiger partial charge < -0.3 is 14.8 Å². The Hall–Kier alpha value is -1.31. The fourth-order valence-corrected chi connectivity index (χ4v) is 3.17. The van der Waals surface area contributed by atoms with E-state index in [2.05, 4.69) is 26.2 Å². The first-order valence-electron chi connectivity index (χ1n) is 7.92. The van der Waals surface area contributed by atoms with Crippen molar-refractivity contribution in [1.82, 2.24) is 10.3 Å². The molecule has 1 unspecified atom stereocenters. The van der Waals surface area contributed by atoms with Gasteiger partial charge in [0.15, 0.2) is 0 Å². The number of aromatic nitrogens is 1. The van der Waals surface area contributed by atoms with E-state index in [1.54, 1.807) is 7.11 Å². The molecular weight excluding hydrogens is 404 g/mol. The van der Waals surface area contributed by atoms with E-state index >= 15 is 0 Å². The van der Waals surface area contributed by atoms with Crippen molar-refractivity contribution in [2.24, 2.45) is 0 Å². The number of fused-ring (bicyclic) bond motifs is 1. The Balaban J connectivity index is 2.13. The van der Waals surface area contributed by atoms with E-state index in [1.807, 2.05) is 50.4 Å². The van der Waals surface area contributed by atoms with Crippen LogP contribution in [0.2, 0.25) is 0 Å². The summed E-state index contributed by atoms with van der Waals surface area (Å²) in [7, 11) is 1.65. The van der Waals surface area contributed by atoms with Crippen LogP contribution in [-0.2, 0) is 9.53 Å². The van der Waals surface area contributed by atoms with Gasteiger partial charge in [0, 0.05) is 24.6 Å². The number of para-hydroxylation sites is 1. The van der Waals surface area contributed by atoms with E-state index < -0.39 is 5.44 Å². The van der Waals surface area contributed by atoms with E-state index in [4.69, 9.17) is 9.47 Å². The van der Waals surface area contributed by atoms with Crippen LogP contribution in [-0.4, -0.2) is 41.8 Å². The first kappa shape index (κ1) is 20.0. The standard InChI is InChI=1S/C18H23BrN2O3S/c1-18(2,9-10-23-3)21-15(22)17(25-4)24-16-13(19)11-12-7-5-6-8-14(12)20-16/h5-8,11,17H,9-10H2,1-4H3,(H,21,22). The van der Waals surface area contributed by atoms with Crippen molar-refractivity contribution in [1.29, 1.82) is 0 Å². The third kappa shape index (κ3) is 5.59. The monoisotopic (exact) mass is 426 g/mol. The predicted octanol–water partition coefficient (Wildman–Crippen LogP) is 4.00. The fraction of sp³-hybridized carbons (Fsp3) is 0.444. The van der Waals surface area contributed by atoms with Gasteiger partial charge in [0.1, 0.15) is 0 Å². The molecule has 1 amide bonds. The highest BCUT2D eigenvalue weighted by Gasteiger charge is 2.27. The van der Waals surface area contributed by atoms with Crippen LogP contribution in [0, 0.1) is 0 Å². The number of nitrogens with one attached hydrogen (secondary N) is 1. The molecule has 0 fully saturated rings. The summed E-state index contributed by atoms with van der Waals surface area (Å²) in [6.45, 7) is 4.51. The Labute approximate surface area is 161 Å². The van der Waals surface area contributed by atoms with Gasteiger partial charge in [0.25, 0.3) is 5.91 Å². The smallest absolute Gasteiger partial charge is 0.272 e. The average molecular weight is 427 g/mol. The van der Waals surface area contributed by atoms with Crippen LogP contribution >= 0.6 is 27.7 Å². The van der Waals surface area contributed by atoms with Crippen molar-refractivity contribution in [2.75, 3.05) is 20.0 Å². The van der Waals surface area contributed by atoms with E-state index in [0.717, 1.165) is 15.4 Å². The van der Waals surface area contributed by atoms with Gasteiger partial charge in [-0.25, -0.2) is 4.98 Å². The number of carbonyl (C=O) groups is 1. The molecule has 1 atom stereocenters. The fourth-order valence-electron chi connectivity index (χ4n) is 2.28. The summed E-state index contributed by atoms with van der Waals surface area (Å²) in [6.07, 6.45) is 2.55. The first-order chi connectivity index (χ1) is 11.9. The molecule has 1 aromatic carbocycles. The molecule has 1 heterocycles. The maximum Gasteiger partial charge on any atom is 0.272 e. The quantitative estimate of drug-likeness (QED) is 0.646. The molecule has 0 saturated carbocycles. The highest BCUT2D eigenvalue weighted by molar-refractivity contribution is 9.10. The number of rotatable bonds is 8. The maximum absolute atomic E-state index is 12.6. The lowest BCUT2D eigenvalue weighted by atomic mass is 10.0. The molecule has 5 nitrogen and oxygen atoms in total. The van der Waals surface area contributed by atoms with Gasteiger partial charge in [-0.3, -0.25) is 4.79 Å². The van der Waals surface area contributed by atoms with Crippen LogP contribution < -0.4 is 10.1 Å². The minimum absolute atomic E-state index is 0.185. The van der Waals surface area contributed by atoms with Gasteiger partial charge in [-0.2, -0.15) is 0 Å². The molecule has 0 aliphatic heterocycles. The molecule has 0 saturated heterocycles. The summed E-state index contributed by atoms with van der Waals surface area (Å²) in [5.41, 5.74) is -0.244. The van der Waals surface area contributed by atoms with Crippen molar-refractivity contribution < 1.29 is 14.3 Å². The number of pyridine rings is 1. The zero-order valence-corrected chi connectivity index (χ0v) is 17.2. The number of amides is 1. The number of methoxy groups -OCH3 is 1. The molecule has 136 valence electrons. The lowest BCUT2D eigenvalue weighted by molar-refractivity contribution is -0.126. The number of carbonyl (C=O) groups excluding carboxylic acids is 1. The van der Waals surface area contributed by atoms with Gasteiger partial charge in [-0.05, 0) is 54.6 Å². The number of benzene rings is 1. The summed E-state index contributed by atoms with van der Waals surface area (Å²) >= 11 is 4.80. The predicted molar refractivity (Wildman–Crippen MR) is 106 cm³/mol. The molecule has 0 radical (unpaired) electrons. The molecular formula is C18H23BrN2O3S. The van der Waals surface area contributed by atoms with Crippen molar-refractivity contribution in [3.05, 3.63) is 34.8 Å². The summed E-state index contributed by atoms with van der Waals surface area (Å²) in [6, 6.07) is 9.71. The van der Waals surface area contributed by atoms with E-state index in [-0.39, 0.29) is 11.4 Å². The summed E-state index contributed by atoms with van der Waals surface area (Å²) < 4.78 is 11.7. The van der Waals surface area contributed by atoms with Crippen LogP contribution in [0.5, 0.6) is 5.88 Å². The Morgan fingerprint density at radius 1 is 1.40 bits per heavy atom. The van der Waals surface area contributed by atoms with Gasteiger partial charge >= 0.3 is 0 Å². The number of nitrogens with zero attached hydrogens (tertiary/aromatic N) is 1. The highest BCUT2D eigenvalue weighted by Crippen LogP contribution is 2.29. The number of hydrogen-bond acceptors (Lipinski definition) is 5. The molecule has 7 heteroatoms. The van der Waals surface area contributed by atoms with Gasteiger partial charge in [-0.1, -0.05) is 18.2 Å². The van der Waals surface area contributed by atoms with Crippen LogP contribution in [0.3, 0.4) is 0 Å². The van der Waals surface area contributed by atoms with Crippen molar-refractivity contribution in [3.8, 4) is 5.88 Å². The Morgan fingerprint density at radius 3 is 2.80 bits per heavy atom. The minimum atomic E-state index is -0.688. The summed E-state index contributed by atoms with van der Waals surface area (Å²) in [5.74, 6) is 0.221. The molecule has 1 N–H and O–H groups in total. The molecule has 2 rings (SSSR count). The van der Waals surface area contributed by atoms with Crippen molar-refractivity contribution in [2.45, 2.75) is 31.2 Å². The second kappa shape index (κ2) is 8.87. The van der Waals surface area contributed by atoms with Gasteiger partial charge in [-0.15, -0.1) is 11.8 Å². The van der Waals surface area contributed by atoms with E-state index in [0.29, 0.717) is 18.9 Å². The normalized spacial score (nSPS) is 12.8. The average Bonchev–Trinajstić information content (AvgIpc) is 2.57. The summed E-state index contributed by atoms with van der Waals surface area (Å²) in [5, 5.41) is 4.02. The minimum Gasteiger partial charge on any atom is -0.452 e. The molecule has 1 aromatic heterocycles. The zero-order chi connectivity index (χ0) is 18.4. The largest absolute Gasteiger partial charge is 0.452 e. The van der Waals surface area contributed by atoms with Crippen LogP contribution in [0.25, 0.3) is 10.9 Å². The zero-order valence-electron chi connectivity index (χ0n) is 14.8. The number of halogens is 1. The van der Waals surface area contributed by atoms with Crippen LogP contribution in [0.15, 0.2) is 34.8 Å². The molecule has 2 aromatic rings. The maximum atomic E-state index is 12.6. The third-order valence-electron chi connectivity index (χ3n) is 3.68. The lowest BCUT2D eigenvalue weighted by Gasteiger charge is -2.28. The molecule has 0 bridgehead atoms. The Bertz CT molecular complexity index is 739. The van der Waals surface area contributed by atoms with Crippen LogP contribution in [0.1, 0.15) is 20.3 Å². The van der Waals surface area contributed by atoms with E-state index in [1.165, 1.54) is 11.8 Å².